The predicted molar refractivity (Wildman–Crippen MR) is 163 cm³/mol. The fraction of sp³-hybridized carbons (Fsp3) is 0.265. The van der Waals surface area contributed by atoms with E-state index in [4.69, 9.17) is 27.9 Å². The topological polar surface area (TPSA) is 121 Å². The zero-order valence-corrected chi connectivity index (χ0v) is 25.4. The van der Waals surface area contributed by atoms with Crippen molar-refractivity contribution in [3.8, 4) is 5.75 Å². The number of hydrogen-bond donors (Lipinski definition) is 1. The predicted octanol–water partition coefficient (Wildman–Crippen LogP) is 5.63. The van der Waals surface area contributed by atoms with Crippen LogP contribution in [0.15, 0.2) is 84.4 Å². The quantitative estimate of drug-likeness (QED) is 0.290. The molecule has 2 heterocycles. The number of phenolic OH excluding ortho intramolecular Hbond substituents is 1. The molecule has 2 saturated heterocycles. The van der Waals surface area contributed by atoms with Gasteiger partial charge in [-0.25, -0.2) is 9.69 Å². The molecule has 9 nitrogen and oxygen atoms in total. The number of ether oxygens (including phenoxy) is 1. The largest absolute Gasteiger partial charge is 0.508 e. The molecule has 228 valence electrons. The van der Waals surface area contributed by atoms with E-state index in [0.29, 0.717) is 31.6 Å². The van der Waals surface area contributed by atoms with Gasteiger partial charge in [-0.15, -0.1) is 0 Å². The zero-order valence-electron chi connectivity index (χ0n) is 23.9. The van der Waals surface area contributed by atoms with E-state index in [1.165, 1.54) is 18.2 Å². The van der Waals surface area contributed by atoms with Crippen LogP contribution in [0.25, 0.3) is 0 Å². The summed E-state index contributed by atoms with van der Waals surface area (Å²) in [7, 11) is 1.09. The molecule has 0 aromatic heterocycles. The van der Waals surface area contributed by atoms with Gasteiger partial charge in [-0.2, -0.15) is 4.90 Å². The first kappa shape index (κ1) is 29.3. The number of aromatic hydroxyl groups is 1. The summed E-state index contributed by atoms with van der Waals surface area (Å²) in [4.78, 5) is 71.1. The second kappa shape index (κ2) is 10.6. The van der Waals surface area contributed by atoms with Crippen LogP contribution >= 0.6 is 23.2 Å². The number of phenols is 1. The SMILES string of the molecule is COC(=O)N1C(=O)[C@H]2[C@H](CC=C3[C@H]2C[C@H]2C(=O)N(c4cccc(Cl)c4)C(=O)[C@@]2(c2ccccc2)[C@H]3c2cc(Cl)ccc2O)C1=O. The van der Waals surface area contributed by atoms with E-state index in [1.807, 2.05) is 6.08 Å². The van der Waals surface area contributed by atoms with E-state index < -0.39 is 64.7 Å². The molecule has 7 rings (SSSR count). The fourth-order valence-corrected chi connectivity index (χ4v) is 8.48. The third-order valence-corrected chi connectivity index (χ3v) is 10.3. The Balaban J connectivity index is 1.51. The van der Waals surface area contributed by atoms with Crippen LogP contribution in [0.2, 0.25) is 10.0 Å². The fourth-order valence-electron chi connectivity index (χ4n) is 8.12. The number of rotatable bonds is 3. The van der Waals surface area contributed by atoms with Gasteiger partial charge in [-0.05, 0) is 60.7 Å². The number of fused-ring (bicyclic) bond motifs is 4. The molecule has 1 saturated carbocycles. The van der Waals surface area contributed by atoms with Crippen LogP contribution in [0.4, 0.5) is 10.5 Å². The van der Waals surface area contributed by atoms with E-state index in [-0.39, 0.29) is 24.3 Å². The summed E-state index contributed by atoms with van der Waals surface area (Å²) in [6.45, 7) is 0. The number of hydrogen-bond acceptors (Lipinski definition) is 7. The molecular formula is C34H26Cl2N2O7. The third kappa shape index (κ3) is 4.03. The molecule has 11 heteroatoms. The Labute approximate surface area is 268 Å². The molecule has 3 aromatic rings. The summed E-state index contributed by atoms with van der Waals surface area (Å²) >= 11 is 12.8. The van der Waals surface area contributed by atoms with Gasteiger partial charge in [0.05, 0.1) is 36.0 Å². The van der Waals surface area contributed by atoms with Crippen LogP contribution in [-0.4, -0.2) is 46.8 Å². The number of benzene rings is 3. The Kier molecular flexibility index (Phi) is 6.87. The molecule has 0 spiro atoms. The van der Waals surface area contributed by atoms with Crippen molar-refractivity contribution in [1.29, 1.82) is 0 Å². The Morgan fingerprint density at radius 3 is 2.33 bits per heavy atom. The second-order valence-corrected chi connectivity index (χ2v) is 12.7. The highest BCUT2D eigenvalue weighted by Gasteiger charge is 2.70. The lowest BCUT2D eigenvalue weighted by Gasteiger charge is -2.50. The smallest absolute Gasteiger partial charge is 0.423 e. The Hall–Kier alpha value is -4.47. The van der Waals surface area contributed by atoms with Crippen LogP contribution in [-0.2, 0) is 29.3 Å². The number of amides is 5. The molecule has 1 N–H and O–H groups in total. The number of allylic oxidation sites excluding steroid dienone is 2. The Morgan fingerprint density at radius 1 is 0.889 bits per heavy atom. The van der Waals surface area contributed by atoms with Crippen molar-refractivity contribution in [2.24, 2.45) is 23.7 Å². The zero-order chi connectivity index (χ0) is 31.8. The average molecular weight is 645 g/mol. The van der Waals surface area contributed by atoms with E-state index in [0.717, 1.165) is 12.0 Å². The summed E-state index contributed by atoms with van der Waals surface area (Å²) in [6, 6.07) is 19.9. The minimum absolute atomic E-state index is 0.0371. The number of carbonyl (C=O) groups is 5. The number of halogens is 2. The summed E-state index contributed by atoms with van der Waals surface area (Å²) in [5.41, 5.74) is 0.201. The monoisotopic (exact) mass is 644 g/mol. The molecule has 2 aliphatic carbocycles. The lowest BCUT2D eigenvalue weighted by Crippen LogP contribution is -2.53. The summed E-state index contributed by atoms with van der Waals surface area (Å²) < 4.78 is 4.75. The minimum atomic E-state index is -1.56. The molecule has 2 aliphatic heterocycles. The van der Waals surface area contributed by atoms with Crippen LogP contribution in [0, 0.1) is 23.7 Å². The molecule has 3 aromatic carbocycles. The maximum absolute atomic E-state index is 15.1. The minimum Gasteiger partial charge on any atom is -0.508 e. The highest BCUT2D eigenvalue weighted by atomic mass is 35.5. The van der Waals surface area contributed by atoms with Gasteiger partial charge in [-0.1, -0.05) is 71.2 Å². The van der Waals surface area contributed by atoms with Gasteiger partial charge in [0, 0.05) is 21.5 Å². The third-order valence-electron chi connectivity index (χ3n) is 9.82. The molecule has 0 bridgehead atoms. The number of anilines is 1. The number of likely N-dealkylation sites (tertiary alicyclic amines) is 1. The number of nitrogens with zero attached hydrogens (tertiary/aromatic N) is 2. The summed E-state index contributed by atoms with van der Waals surface area (Å²) in [5.74, 6) is -7.05. The van der Waals surface area contributed by atoms with E-state index in [9.17, 15) is 24.3 Å². The first-order valence-corrected chi connectivity index (χ1v) is 15.2. The van der Waals surface area contributed by atoms with Crippen molar-refractivity contribution in [3.63, 3.8) is 0 Å². The summed E-state index contributed by atoms with van der Waals surface area (Å²) in [6.07, 6.45) is 0.903. The highest BCUT2D eigenvalue weighted by molar-refractivity contribution is 6.32. The maximum atomic E-state index is 15.1. The first-order valence-electron chi connectivity index (χ1n) is 14.4. The van der Waals surface area contributed by atoms with Gasteiger partial charge in [0.1, 0.15) is 5.75 Å². The van der Waals surface area contributed by atoms with Gasteiger partial charge < -0.3 is 9.84 Å². The van der Waals surface area contributed by atoms with E-state index >= 15 is 4.79 Å². The van der Waals surface area contributed by atoms with Gasteiger partial charge >= 0.3 is 6.09 Å². The number of imide groups is 4. The standard InChI is InChI=1S/C34H26Cl2N2O7/c1-45-33(44)38-29(40)22-12-11-21-23(27(22)31(38)42)16-25-30(41)37(20-9-5-8-18(35)14-20)32(43)34(25,17-6-3-2-4-7-17)28(21)24-15-19(36)10-13-26(24)39/h2-11,13-15,22-23,25,27-28,39H,12,16H2,1H3/t22-,23+,25-,27-,28+,34+/m0/s1. The Bertz CT molecular complexity index is 1840. The molecule has 0 unspecified atom stereocenters. The van der Waals surface area contributed by atoms with Crippen molar-refractivity contribution < 1.29 is 33.8 Å². The van der Waals surface area contributed by atoms with Gasteiger partial charge in [0.25, 0.3) is 0 Å². The van der Waals surface area contributed by atoms with Crippen molar-refractivity contribution in [1.82, 2.24) is 4.90 Å². The van der Waals surface area contributed by atoms with Gasteiger partial charge in [-0.3, -0.25) is 19.2 Å². The molecule has 0 radical (unpaired) electrons. The molecule has 6 atom stereocenters. The first-order chi connectivity index (χ1) is 21.6. The van der Waals surface area contributed by atoms with E-state index in [1.54, 1.807) is 54.6 Å². The van der Waals surface area contributed by atoms with Crippen LogP contribution in [0.5, 0.6) is 5.75 Å². The van der Waals surface area contributed by atoms with Crippen molar-refractivity contribution >= 4 is 58.6 Å². The summed E-state index contributed by atoms with van der Waals surface area (Å²) in [5, 5.41) is 12.0. The van der Waals surface area contributed by atoms with Crippen LogP contribution in [0.3, 0.4) is 0 Å². The van der Waals surface area contributed by atoms with Crippen molar-refractivity contribution in [3.05, 3.63) is 106 Å². The van der Waals surface area contributed by atoms with Gasteiger partial charge in [0.15, 0.2) is 0 Å². The molecule has 5 amide bonds. The maximum Gasteiger partial charge on any atom is 0.423 e. The number of carbonyl (C=O) groups excluding carboxylic acids is 5. The second-order valence-electron chi connectivity index (χ2n) is 11.8. The van der Waals surface area contributed by atoms with Crippen molar-refractivity contribution in [2.45, 2.75) is 24.2 Å². The molecule has 4 aliphatic rings. The molecular weight excluding hydrogens is 619 g/mol. The number of methoxy groups -OCH3 is 1. The highest BCUT2D eigenvalue weighted by Crippen LogP contribution is 2.65. The average Bonchev–Trinajstić information content (AvgIpc) is 3.43. The van der Waals surface area contributed by atoms with Crippen LogP contribution < -0.4 is 4.90 Å². The molecule has 45 heavy (non-hydrogen) atoms. The molecule has 3 fully saturated rings. The van der Waals surface area contributed by atoms with E-state index in [2.05, 4.69) is 0 Å². The van der Waals surface area contributed by atoms with Gasteiger partial charge in [0.2, 0.25) is 23.6 Å². The lowest BCUT2D eigenvalue weighted by molar-refractivity contribution is -0.138. The van der Waals surface area contributed by atoms with Crippen LogP contribution in [0.1, 0.15) is 29.9 Å². The normalized spacial score (nSPS) is 28.9. The Morgan fingerprint density at radius 2 is 1.62 bits per heavy atom. The lowest BCUT2D eigenvalue weighted by atomic mass is 9.49. The van der Waals surface area contributed by atoms with Crippen molar-refractivity contribution in [2.75, 3.05) is 12.0 Å².